The van der Waals surface area contributed by atoms with Gasteiger partial charge in [-0.15, -0.1) is 0 Å². The molecule has 0 aliphatic heterocycles. The zero-order chi connectivity index (χ0) is 10.1. The van der Waals surface area contributed by atoms with E-state index in [0.29, 0.717) is 5.56 Å². The number of carbonyl (C=O) groups is 1. The predicted molar refractivity (Wildman–Crippen MR) is 65.3 cm³/mol. The molecule has 1 aromatic carbocycles. The average molecular weight is 454 g/mol. The number of hydrogen-bond donors (Lipinski definition) is 0. The second-order valence-electron chi connectivity index (χ2n) is 1.90. The van der Waals surface area contributed by atoms with Crippen molar-refractivity contribution in [1.29, 1.82) is 0 Å². The van der Waals surface area contributed by atoms with E-state index in [1.54, 1.807) is 24.3 Å². The molecule has 0 unspecified atom stereocenters. The Morgan fingerprint density at radius 2 is 1.77 bits per heavy atom. The number of halogens is 2. The van der Waals surface area contributed by atoms with Crippen molar-refractivity contribution in [2.24, 2.45) is 0 Å². The zero-order valence-electron chi connectivity index (χ0n) is 6.87. The van der Waals surface area contributed by atoms with Gasteiger partial charge in [0, 0.05) is 0 Å². The van der Waals surface area contributed by atoms with Crippen molar-refractivity contribution in [3.8, 4) is 0 Å². The Balaban J connectivity index is 0.000000424. The molecule has 0 amide bonds. The van der Waals surface area contributed by atoms with Crippen LogP contribution in [-0.2, 0) is 14.8 Å². The van der Waals surface area contributed by atoms with Gasteiger partial charge in [0.2, 0.25) is 0 Å². The van der Waals surface area contributed by atoms with Crippen molar-refractivity contribution in [2.45, 2.75) is 0 Å². The van der Waals surface area contributed by atoms with Crippen LogP contribution in [0.5, 0.6) is 0 Å². The van der Waals surface area contributed by atoms with Crippen LogP contribution >= 0.6 is 39.5 Å². The Hall–Kier alpha value is 0.773. The van der Waals surface area contributed by atoms with Gasteiger partial charge in [0.15, 0.2) is 0 Å². The average Bonchev–Trinajstić information content (AvgIpc) is 2.19. The molecule has 0 aromatic heterocycles. The third-order valence-corrected chi connectivity index (χ3v) is 1.14. The van der Waals surface area contributed by atoms with Gasteiger partial charge >= 0.3 is 55.6 Å². The summed E-state index contributed by atoms with van der Waals surface area (Å²) in [5.74, 6) is -0.402. The molecule has 0 fully saturated rings. The number of hydrogen-bond acceptors (Lipinski definition) is 2. The van der Waals surface area contributed by atoms with E-state index in [1.807, 2.05) is 6.07 Å². The van der Waals surface area contributed by atoms with Gasteiger partial charge in [-0.1, -0.05) is 18.2 Å². The molecule has 5 heteroatoms. The van der Waals surface area contributed by atoms with Crippen LogP contribution in [0.25, 0.3) is 0 Å². The number of carbonyl (C=O) groups excluding carboxylic acids is 1. The van der Waals surface area contributed by atoms with E-state index in [1.165, 1.54) is 0 Å². The molecular formula is C8H7I2O2Zn. The van der Waals surface area contributed by atoms with Crippen LogP contribution in [0.15, 0.2) is 30.3 Å². The Labute approximate surface area is 107 Å². The predicted octanol–water partition coefficient (Wildman–Crippen LogP) is 3.40. The van der Waals surface area contributed by atoms with Gasteiger partial charge in [-0.3, -0.25) is 0 Å². The quantitative estimate of drug-likeness (QED) is 0.370. The molecule has 1 rings (SSSR count). The summed E-state index contributed by atoms with van der Waals surface area (Å²) >= 11 is 4.93. The molecule has 0 N–H and O–H groups in total. The summed E-state index contributed by atoms with van der Waals surface area (Å²) in [6, 6.07) is 8.72. The zero-order valence-corrected chi connectivity index (χ0v) is 14.2. The van der Waals surface area contributed by atoms with Crippen LogP contribution in [-0.4, -0.2) is 5.97 Å². The fourth-order valence-corrected chi connectivity index (χ4v) is 0.658. The van der Waals surface area contributed by atoms with E-state index in [-0.39, 0.29) is 10.1 Å². The van der Waals surface area contributed by atoms with Crippen molar-refractivity contribution < 1.29 is 19.6 Å². The molecule has 0 heterocycles. The summed E-state index contributed by atoms with van der Waals surface area (Å²) in [5, 5.41) is 0. The van der Waals surface area contributed by atoms with Crippen molar-refractivity contribution in [3.63, 3.8) is 0 Å². The Kier molecular flexibility index (Phi) is 9.89. The van der Waals surface area contributed by atoms with E-state index >= 15 is 0 Å². The van der Waals surface area contributed by atoms with Gasteiger partial charge in [0.05, 0.1) is 5.56 Å². The topological polar surface area (TPSA) is 26.3 Å². The van der Waals surface area contributed by atoms with Crippen LogP contribution in [0.3, 0.4) is 0 Å². The van der Waals surface area contributed by atoms with Crippen molar-refractivity contribution in [3.05, 3.63) is 43.0 Å². The first-order valence-corrected chi connectivity index (χ1v) is 21.5. The first-order chi connectivity index (χ1) is 6.26. The molecule has 2 nitrogen and oxygen atoms in total. The Morgan fingerprint density at radius 1 is 1.31 bits per heavy atom. The second-order valence-corrected chi connectivity index (χ2v) is 25.4. The molecule has 13 heavy (non-hydrogen) atoms. The summed E-state index contributed by atoms with van der Waals surface area (Å²) in [6.45, 7) is 0. The first kappa shape index (κ1) is 13.8. The molecule has 1 aromatic rings. The fraction of sp³-hybridized carbons (Fsp3) is 0. The molecule has 0 atom stereocenters. The summed E-state index contributed by atoms with van der Waals surface area (Å²) in [7, 11) is 3.08. The number of esters is 1. The minimum absolute atomic E-state index is 0.0650. The molecular weight excluding hydrogens is 447 g/mol. The van der Waals surface area contributed by atoms with Crippen molar-refractivity contribution in [1.82, 2.24) is 0 Å². The molecule has 0 aliphatic rings. The monoisotopic (exact) mass is 453 g/mol. The van der Waals surface area contributed by atoms with Gasteiger partial charge in [-0.25, -0.2) is 4.79 Å². The molecule has 0 bridgehead atoms. The second kappa shape index (κ2) is 9.33. The first-order valence-electron chi connectivity index (χ1n) is 3.39. The third-order valence-electron chi connectivity index (χ3n) is 1.14. The van der Waals surface area contributed by atoms with Crippen LogP contribution in [0.2, 0.25) is 0 Å². The Morgan fingerprint density at radius 3 is 2.15 bits per heavy atom. The standard InChI is InChI=1S/C8H7O2.2HI.Zn/c1-10-8(9)7-5-3-2-4-6-7;;;/h2-6H,1H2;2*1H;/q;;;+2/p-2. The van der Waals surface area contributed by atoms with Crippen LogP contribution < -0.4 is 0 Å². The van der Waals surface area contributed by atoms with Crippen molar-refractivity contribution >= 4 is 45.5 Å². The summed E-state index contributed by atoms with van der Waals surface area (Å²) in [5.41, 5.74) is 0.525. The normalized spacial score (nSPS) is 7.62. The maximum atomic E-state index is 10.7. The van der Waals surface area contributed by atoms with Gasteiger partial charge in [-0.2, -0.15) is 0 Å². The van der Waals surface area contributed by atoms with E-state index in [4.69, 9.17) is 0 Å². The third kappa shape index (κ3) is 6.79. The van der Waals surface area contributed by atoms with Crippen LogP contribution in [0.1, 0.15) is 10.4 Å². The minimum atomic E-state index is -0.402. The molecule has 0 saturated carbocycles. The number of ether oxygens (including phenoxy) is 1. The molecule has 0 aliphatic carbocycles. The van der Waals surface area contributed by atoms with Gasteiger partial charge in [0.25, 0.3) is 0 Å². The Bertz CT molecular complexity index is 241. The summed E-state index contributed by atoms with van der Waals surface area (Å²) in [6.07, 6.45) is 0. The maximum absolute atomic E-state index is 10.7. The van der Waals surface area contributed by atoms with Crippen LogP contribution in [0.4, 0.5) is 0 Å². The van der Waals surface area contributed by atoms with Crippen molar-refractivity contribution in [2.75, 3.05) is 0 Å². The van der Waals surface area contributed by atoms with Gasteiger partial charge < -0.3 is 4.74 Å². The fourth-order valence-electron chi connectivity index (χ4n) is 0.658. The SMILES string of the molecule is [CH2]OC(=O)c1ccccc1.[I][Zn][I]. The van der Waals surface area contributed by atoms with E-state index in [0.717, 1.165) is 0 Å². The van der Waals surface area contributed by atoms with Crippen LogP contribution in [0, 0.1) is 7.11 Å². The number of rotatable bonds is 1. The van der Waals surface area contributed by atoms with Gasteiger partial charge in [-0.05, 0) is 12.1 Å². The molecule has 0 saturated heterocycles. The number of benzene rings is 1. The molecule has 1 radical (unpaired) electrons. The summed E-state index contributed by atoms with van der Waals surface area (Å²) < 4.78 is 4.25. The summed E-state index contributed by atoms with van der Waals surface area (Å²) in [4.78, 5) is 10.7. The molecule has 67 valence electrons. The van der Waals surface area contributed by atoms with E-state index in [9.17, 15) is 4.79 Å². The van der Waals surface area contributed by atoms with E-state index < -0.39 is 5.97 Å². The van der Waals surface area contributed by atoms with Gasteiger partial charge in [0.1, 0.15) is 7.11 Å². The van der Waals surface area contributed by atoms with E-state index in [2.05, 4.69) is 51.3 Å². The molecule has 0 spiro atoms.